The Balaban J connectivity index is 1.99. The molecule has 26 heavy (non-hydrogen) atoms. The van der Waals surface area contributed by atoms with Crippen molar-refractivity contribution in [2.24, 2.45) is 0 Å². The van der Waals surface area contributed by atoms with E-state index < -0.39 is 0 Å². The molecule has 134 valence electrons. The second-order valence-electron chi connectivity index (χ2n) is 5.97. The van der Waals surface area contributed by atoms with Crippen molar-refractivity contribution in [3.8, 4) is 6.07 Å². The number of cyclic esters (lactones) is 1. The molecule has 3 rings (SSSR count). The number of carbonyl (C=O) groups is 2. The molecule has 2 aliphatic heterocycles. The van der Waals surface area contributed by atoms with Gasteiger partial charge in [0.05, 0.1) is 5.69 Å². The highest BCUT2D eigenvalue weighted by atomic mass is 32.2. The molecule has 5 nitrogen and oxygen atoms in total. The molecule has 2 heterocycles. The van der Waals surface area contributed by atoms with Crippen LogP contribution in [0.25, 0.3) is 0 Å². The smallest absolute Gasteiger partial charge is 0.334 e. The Morgan fingerprint density at radius 2 is 2.31 bits per heavy atom. The van der Waals surface area contributed by atoms with E-state index in [-0.39, 0.29) is 22.9 Å². The first-order valence-electron chi connectivity index (χ1n) is 8.19. The van der Waals surface area contributed by atoms with Gasteiger partial charge in [0, 0.05) is 28.0 Å². The molecule has 0 aromatic heterocycles. The molecule has 0 N–H and O–H groups in total. The van der Waals surface area contributed by atoms with E-state index in [1.165, 1.54) is 11.8 Å². The number of esters is 1. The van der Waals surface area contributed by atoms with Crippen LogP contribution in [-0.4, -0.2) is 29.8 Å². The Bertz CT molecular complexity index is 857. The fourth-order valence-corrected chi connectivity index (χ4v) is 5.13. The molecule has 1 saturated heterocycles. The molecule has 2 unspecified atom stereocenters. The number of anilines is 1. The first-order valence-corrected chi connectivity index (χ1v) is 10.1. The van der Waals surface area contributed by atoms with Crippen LogP contribution < -0.4 is 4.90 Å². The lowest BCUT2D eigenvalue weighted by Crippen LogP contribution is -2.19. The number of allylic oxidation sites excluding steroid dienone is 1. The molecule has 1 fully saturated rings. The molecule has 0 saturated carbocycles. The maximum absolute atomic E-state index is 12.1. The number of hydrogen-bond donors (Lipinski definition) is 0. The van der Waals surface area contributed by atoms with Crippen LogP contribution in [0, 0.1) is 11.3 Å². The third-order valence-corrected chi connectivity index (χ3v) is 6.78. The fraction of sp³-hybridized carbons (Fsp3) is 0.316. The Labute approximate surface area is 161 Å². The van der Waals surface area contributed by atoms with Crippen LogP contribution >= 0.6 is 23.5 Å². The van der Waals surface area contributed by atoms with Gasteiger partial charge in [0.25, 0.3) is 0 Å². The maximum Gasteiger partial charge on any atom is 0.334 e. The van der Waals surface area contributed by atoms with E-state index in [0.29, 0.717) is 29.2 Å². The highest BCUT2D eigenvalue weighted by Gasteiger charge is 2.32. The summed E-state index contributed by atoms with van der Waals surface area (Å²) in [4.78, 5) is 26.2. The van der Waals surface area contributed by atoms with E-state index in [4.69, 9.17) is 4.74 Å². The van der Waals surface area contributed by atoms with Crippen LogP contribution in [0.5, 0.6) is 0 Å². The summed E-state index contributed by atoms with van der Waals surface area (Å²) in [6.07, 6.45) is 0.233. The lowest BCUT2D eigenvalue weighted by molar-refractivity contribution is -0.144. The zero-order chi connectivity index (χ0) is 18.8. The van der Waals surface area contributed by atoms with Crippen LogP contribution in [0.3, 0.4) is 0 Å². The van der Waals surface area contributed by atoms with Crippen molar-refractivity contribution in [2.45, 2.75) is 30.1 Å². The molecule has 2 aliphatic rings. The summed E-state index contributed by atoms with van der Waals surface area (Å²) in [6.45, 7) is 8.43. The van der Waals surface area contributed by atoms with E-state index in [0.717, 1.165) is 16.1 Å². The average molecular weight is 386 g/mol. The van der Waals surface area contributed by atoms with Crippen molar-refractivity contribution < 1.29 is 14.3 Å². The minimum atomic E-state index is -0.359. The SMILES string of the molecule is C=C1CSC(C)C(c2ccc3c(c2)S/C(=C(/C#N)C=O)N3CC)OC1=O. The molecule has 0 bridgehead atoms. The minimum Gasteiger partial charge on any atom is -0.453 e. The van der Waals surface area contributed by atoms with E-state index in [1.807, 2.05) is 43.0 Å². The van der Waals surface area contributed by atoms with E-state index >= 15 is 0 Å². The summed E-state index contributed by atoms with van der Waals surface area (Å²) in [6, 6.07) is 7.85. The molecule has 0 radical (unpaired) electrons. The number of thioether (sulfide) groups is 2. The van der Waals surface area contributed by atoms with Gasteiger partial charge in [0.15, 0.2) is 6.29 Å². The van der Waals surface area contributed by atoms with Gasteiger partial charge in [0.2, 0.25) is 0 Å². The highest BCUT2D eigenvalue weighted by Crippen LogP contribution is 2.48. The zero-order valence-electron chi connectivity index (χ0n) is 14.5. The van der Waals surface area contributed by atoms with E-state index in [2.05, 4.69) is 6.58 Å². The first-order chi connectivity index (χ1) is 12.5. The average Bonchev–Trinajstić information content (AvgIpc) is 2.95. The van der Waals surface area contributed by atoms with Crippen LogP contribution in [0.2, 0.25) is 0 Å². The van der Waals surface area contributed by atoms with Gasteiger partial charge in [-0.1, -0.05) is 24.4 Å². The zero-order valence-corrected chi connectivity index (χ0v) is 16.2. The molecule has 0 spiro atoms. The quantitative estimate of drug-likeness (QED) is 0.338. The van der Waals surface area contributed by atoms with E-state index in [1.54, 1.807) is 11.8 Å². The summed E-state index contributed by atoms with van der Waals surface area (Å²) < 4.78 is 5.65. The Kier molecular flexibility index (Phi) is 5.44. The summed E-state index contributed by atoms with van der Waals surface area (Å²) in [5, 5.41) is 9.96. The van der Waals surface area contributed by atoms with Crippen LogP contribution in [0.1, 0.15) is 25.5 Å². The lowest BCUT2D eigenvalue weighted by atomic mass is 10.1. The van der Waals surface area contributed by atoms with Crippen LogP contribution in [0.4, 0.5) is 5.69 Å². The van der Waals surface area contributed by atoms with Crippen molar-refractivity contribution in [3.05, 3.63) is 46.5 Å². The Hall–Kier alpha value is -2.17. The van der Waals surface area contributed by atoms with Crippen molar-refractivity contribution in [2.75, 3.05) is 17.2 Å². The van der Waals surface area contributed by atoms with Gasteiger partial charge in [-0.05, 0) is 31.5 Å². The number of fused-ring (bicyclic) bond motifs is 1. The topological polar surface area (TPSA) is 70.4 Å². The van der Waals surface area contributed by atoms with Crippen molar-refractivity contribution >= 4 is 41.5 Å². The summed E-state index contributed by atoms with van der Waals surface area (Å²) >= 11 is 3.04. The van der Waals surface area contributed by atoms with Crippen molar-refractivity contribution in [1.82, 2.24) is 0 Å². The number of nitrogens with zero attached hydrogens (tertiary/aromatic N) is 2. The first kappa shape index (κ1) is 18.6. The van der Waals surface area contributed by atoms with Gasteiger partial charge in [-0.2, -0.15) is 5.26 Å². The maximum atomic E-state index is 12.1. The fourth-order valence-electron chi connectivity index (χ4n) is 2.93. The van der Waals surface area contributed by atoms with Crippen molar-refractivity contribution in [3.63, 3.8) is 0 Å². The number of nitriles is 1. The molecule has 0 amide bonds. The number of aldehydes is 1. The predicted octanol–water partition coefficient (Wildman–Crippen LogP) is 3.83. The monoisotopic (exact) mass is 386 g/mol. The normalized spacial score (nSPS) is 24.4. The Morgan fingerprint density at radius 1 is 1.54 bits per heavy atom. The molecule has 7 heteroatoms. The van der Waals surface area contributed by atoms with Gasteiger partial charge < -0.3 is 9.64 Å². The molecule has 1 aromatic carbocycles. The van der Waals surface area contributed by atoms with Crippen LogP contribution in [0.15, 0.2) is 45.8 Å². The predicted molar refractivity (Wildman–Crippen MR) is 104 cm³/mol. The van der Waals surface area contributed by atoms with Gasteiger partial charge >= 0.3 is 5.97 Å². The second-order valence-corrected chi connectivity index (χ2v) is 8.36. The number of rotatable bonds is 3. The highest BCUT2D eigenvalue weighted by molar-refractivity contribution is 8.03. The lowest BCUT2D eigenvalue weighted by Gasteiger charge is -2.22. The number of carbonyl (C=O) groups excluding carboxylic acids is 2. The molecular weight excluding hydrogens is 368 g/mol. The number of ether oxygens (including phenoxy) is 1. The van der Waals surface area contributed by atoms with Gasteiger partial charge in [-0.25, -0.2) is 4.79 Å². The molecule has 2 atom stereocenters. The van der Waals surface area contributed by atoms with Gasteiger partial charge in [-0.15, -0.1) is 11.8 Å². The third kappa shape index (κ3) is 3.27. The van der Waals surface area contributed by atoms with E-state index in [9.17, 15) is 14.9 Å². The van der Waals surface area contributed by atoms with Gasteiger partial charge in [-0.3, -0.25) is 4.79 Å². The van der Waals surface area contributed by atoms with Crippen LogP contribution in [-0.2, 0) is 14.3 Å². The number of benzene rings is 1. The molecule has 0 aliphatic carbocycles. The number of hydrogen-bond acceptors (Lipinski definition) is 7. The summed E-state index contributed by atoms with van der Waals surface area (Å²) in [5.74, 6) is 0.209. The summed E-state index contributed by atoms with van der Waals surface area (Å²) in [7, 11) is 0. The molecule has 1 aromatic rings. The summed E-state index contributed by atoms with van der Waals surface area (Å²) in [5.41, 5.74) is 2.46. The second kappa shape index (κ2) is 7.60. The van der Waals surface area contributed by atoms with Gasteiger partial charge in [0.1, 0.15) is 22.8 Å². The minimum absolute atomic E-state index is 0.101. The van der Waals surface area contributed by atoms with Crippen molar-refractivity contribution in [1.29, 1.82) is 5.26 Å². The Morgan fingerprint density at radius 3 is 2.96 bits per heavy atom. The standard InChI is InChI=1S/C19H18N2O3S2/c1-4-21-15-6-5-13(7-16(15)26-18(21)14(8-20)9-22)17-12(3)25-10-11(2)19(23)24-17/h5-7,9,12,17H,2,4,10H2,1,3H3/b18-14-. The third-order valence-electron chi connectivity index (χ3n) is 4.31. The molecular formula is C19H18N2O3S2. The largest absolute Gasteiger partial charge is 0.453 e.